The van der Waals surface area contributed by atoms with E-state index in [0.29, 0.717) is 5.92 Å². The summed E-state index contributed by atoms with van der Waals surface area (Å²) >= 11 is 0. The third kappa shape index (κ3) is 4.47. The van der Waals surface area contributed by atoms with Gasteiger partial charge in [0.2, 0.25) is 0 Å². The minimum atomic E-state index is -0.505. The van der Waals surface area contributed by atoms with Crippen molar-refractivity contribution in [3.63, 3.8) is 0 Å². The number of hydrogen-bond donors (Lipinski definition) is 0. The molecule has 0 aromatic heterocycles. The summed E-state index contributed by atoms with van der Waals surface area (Å²) in [6.07, 6.45) is 0.903. The molecule has 0 aromatic rings. The minimum Gasteiger partial charge on any atom is -0.468 e. The summed E-state index contributed by atoms with van der Waals surface area (Å²) in [6, 6.07) is -0.340. The predicted molar refractivity (Wildman–Crippen MR) is 76.2 cm³/mol. The van der Waals surface area contributed by atoms with E-state index in [-0.39, 0.29) is 30.4 Å². The van der Waals surface area contributed by atoms with Gasteiger partial charge >= 0.3 is 11.9 Å². The molecule has 0 amide bonds. The highest BCUT2D eigenvalue weighted by Gasteiger charge is 2.42. The van der Waals surface area contributed by atoms with Gasteiger partial charge in [0.1, 0.15) is 11.6 Å². The highest BCUT2D eigenvalue weighted by atomic mass is 16.6. The zero-order chi connectivity index (χ0) is 15.5. The molecule has 1 rings (SSSR count). The van der Waals surface area contributed by atoms with E-state index in [1.165, 1.54) is 7.11 Å². The molecule has 0 unspecified atom stereocenters. The second-order valence-corrected chi connectivity index (χ2v) is 6.72. The first-order valence-electron chi connectivity index (χ1n) is 7.19. The molecule has 0 saturated carbocycles. The lowest BCUT2D eigenvalue weighted by atomic mass is 9.89. The number of ether oxygens (including phenoxy) is 2. The first-order valence-corrected chi connectivity index (χ1v) is 7.19. The van der Waals surface area contributed by atoms with Gasteiger partial charge in [-0.25, -0.2) is 0 Å². The molecule has 2 atom stereocenters. The Kier molecular flexibility index (Phi) is 5.57. The fourth-order valence-corrected chi connectivity index (χ4v) is 2.74. The molecule has 0 aliphatic carbocycles. The van der Waals surface area contributed by atoms with Gasteiger partial charge in [0.15, 0.2) is 0 Å². The van der Waals surface area contributed by atoms with Crippen molar-refractivity contribution in [2.24, 2.45) is 11.8 Å². The molecule has 0 N–H and O–H groups in total. The lowest BCUT2D eigenvalue weighted by Gasteiger charge is -2.28. The third-order valence-corrected chi connectivity index (χ3v) is 3.60. The number of rotatable bonds is 4. The Morgan fingerprint density at radius 2 is 1.90 bits per heavy atom. The van der Waals surface area contributed by atoms with Gasteiger partial charge in [0.05, 0.1) is 13.7 Å². The molecular weight excluding hydrogens is 258 g/mol. The van der Waals surface area contributed by atoms with E-state index in [1.807, 2.05) is 25.7 Å². The van der Waals surface area contributed by atoms with Gasteiger partial charge in [0, 0.05) is 0 Å². The highest BCUT2D eigenvalue weighted by Crippen LogP contribution is 2.31. The molecule has 5 nitrogen and oxygen atoms in total. The maximum Gasteiger partial charge on any atom is 0.323 e. The molecule has 116 valence electrons. The van der Waals surface area contributed by atoms with Crippen LogP contribution in [0.2, 0.25) is 0 Å². The molecule has 5 heteroatoms. The van der Waals surface area contributed by atoms with Crippen LogP contribution in [0.25, 0.3) is 0 Å². The van der Waals surface area contributed by atoms with Crippen LogP contribution in [0.5, 0.6) is 0 Å². The Bertz CT molecular complexity index is 359. The summed E-state index contributed by atoms with van der Waals surface area (Å²) in [5, 5.41) is 0. The standard InChI is InChI=1S/C15H27NO4/c1-10(2)11-7-8-16(13(11)14(18)19-6)9-12(17)20-15(3,4)5/h10-11,13H,7-9H2,1-6H3/t11-,13+/m1/s1. The Morgan fingerprint density at radius 1 is 1.30 bits per heavy atom. The van der Waals surface area contributed by atoms with Gasteiger partial charge in [-0.1, -0.05) is 13.8 Å². The van der Waals surface area contributed by atoms with Crippen molar-refractivity contribution in [1.29, 1.82) is 0 Å². The summed E-state index contributed by atoms with van der Waals surface area (Å²) in [4.78, 5) is 25.8. The normalized spacial score (nSPS) is 23.9. The van der Waals surface area contributed by atoms with Crippen LogP contribution in [-0.2, 0) is 19.1 Å². The van der Waals surface area contributed by atoms with E-state index in [2.05, 4.69) is 13.8 Å². The Labute approximate surface area is 121 Å². The maximum atomic E-state index is 12.0. The van der Waals surface area contributed by atoms with E-state index in [4.69, 9.17) is 9.47 Å². The van der Waals surface area contributed by atoms with Gasteiger partial charge in [-0.15, -0.1) is 0 Å². The van der Waals surface area contributed by atoms with Crippen molar-refractivity contribution < 1.29 is 19.1 Å². The first kappa shape index (κ1) is 17.0. The number of carbonyl (C=O) groups is 2. The van der Waals surface area contributed by atoms with E-state index >= 15 is 0 Å². The molecule has 1 aliphatic heterocycles. The van der Waals surface area contributed by atoms with Crippen LogP contribution >= 0.6 is 0 Å². The van der Waals surface area contributed by atoms with Crippen molar-refractivity contribution in [3.05, 3.63) is 0 Å². The average Bonchev–Trinajstić information content (AvgIpc) is 2.69. The van der Waals surface area contributed by atoms with Crippen molar-refractivity contribution in [1.82, 2.24) is 4.90 Å². The molecule has 1 aliphatic rings. The van der Waals surface area contributed by atoms with Crippen LogP contribution in [-0.4, -0.2) is 48.7 Å². The number of carbonyl (C=O) groups excluding carboxylic acids is 2. The SMILES string of the molecule is COC(=O)[C@@H]1[C@@H](C(C)C)CCN1CC(=O)OC(C)(C)C. The lowest BCUT2D eigenvalue weighted by molar-refractivity contribution is -0.158. The van der Waals surface area contributed by atoms with Crippen LogP contribution in [0.4, 0.5) is 0 Å². The summed E-state index contributed by atoms with van der Waals surface area (Å²) in [5.41, 5.74) is -0.505. The Hall–Kier alpha value is -1.10. The molecule has 0 radical (unpaired) electrons. The zero-order valence-electron chi connectivity index (χ0n) is 13.4. The second-order valence-electron chi connectivity index (χ2n) is 6.72. The monoisotopic (exact) mass is 285 g/mol. The van der Waals surface area contributed by atoms with E-state index in [9.17, 15) is 9.59 Å². The molecule has 1 fully saturated rings. The van der Waals surface area contributed by atoms with Crippen molar-refractivity contribution in [3.8, 4) is 0 Å². The molecule has 0 bridgehead atoms. The quantitative estimate of drug-likeness (QED) is 0.738. The highest BCUT2D eigenvalue weighted by molar-refractivity contribution is 5.78. The van der Waals surface area contributed by atoms with Gasteiger partial charge in [-0.3, -0.25) is 14.5 Å². The molecule has 20 heavy (non-hydrogen) atoms. The fourth-order valence-electron chi connectivity index (χ4n) is 2.74. The van der Waals surface area contributed by atoms with Gasteiger partial charge in [-0.05, 0) is 45.6 Å². The Morgan fingerprint density at radius 3 is 2.35 bits per heavy atom. The first-order chi connectivity index (χ1) is 9.15. The minimum absolute atomic E-state index is 0.139. The summed E-state index contributed by atoms with van der Waals surface area (Å²) in [6.45, 7) is 10.6. The smallest absolute Gasteiger partial charge is 0.323 e. The maximum absolute atomic E-state index is 12.0. The molecule has 0 spiro atoms. The fraction of sp³-hybridized carbons (Fsp3) is 0.867. The van der Waals surface area contributed by atoms with Crippen LogP contribution in [0, 0.1) is 11.8 Å². The van der Waals surface area contributed by atoms with E-state index in [1.54, 1.807) is 0 Å². The van der Waals surface area contributed by atoms with E-state index < -0.39 is 5.60 Å². The number of methoxy groups -OCH3 is 1. The van der Waals surface area contributed by atoms with Crippen LogP contribution < -0.4 is 0 Å². The summed E-state index contributed by atoms with van der Waals surface area (Å²) < 4.78 is 10.2. The largest absolute Gasteiger partial charge is 0.468 e. The topological polar surface area (TPSA) is 55.8 Å². The molecule has 1 saturated heterocycles. The summed E-state index contributed by atoms with van der Waals surface area (Å²) in [5.74, 6) is 0.0493. The third-order valence-electron chi connectivity index (χ3n) is 3.60. The predicted octanol–water partition coefficient (Wildman–Crippen LogP) is 1.85. The van der Waals surface area contributed by atoms with Gasteiger partial charge in [0.25, 0.3) is 0 Å². The number of likely N-dealkylation sites (tertiary alicyclic amines) is 1. The van der Waals surface area contributed by atoms with Crippen molar-refractivity contribution >= 4 is 11.9 Å². The second kappa shape index (κ2) is 6.57. The molecule has 0 aromatic carbocycles. The zero-order valence-corrected chi connectivity index (χ0v) is 13.4. The average molecular weight is 285 g/mol. The van der Waals surface area contributed by atoms with Gasteiger partial charge < -0.3 is 9.47 Å². The Balaban J connectivity index is 2.73. The molecular formula is C15H27NO4. The van der Waals surface area contributed by atoms with Gasteiger partial charge in [-0.2, -0.15) is 0 Å². The number of nitrogens with zero attached hydrogens (tertiary/aromatic N) is 1. The van der Waals surface area contributed by atoms with Crippen molar-refractivity contribution in [2.75, 3.05) is 20.2 Å². The molecule has 1 heterocycles. The van der Waals surface area contributed by atoms with Crippen LogP contribution in [0.3, 0.4) is 0 Å². The van der Waals surface area contributed by atoms with E-state index in [0.717, 1.165) is 13.0 Å². The van der Waals surface area contributed by atoms with Crippen molar-refractivity contribution in [2.45, 2.75) is 52.7 Å². The van der Waals surface area contributed by atoms with Crippen LogP contribution in [0.15, 0.2) is 0 Å². The number of esters is 2. The number of hydrogen-bond acceptors (Lipinski definition) is 5. The lowest BCUT2D eigenvalue weighted by Crippen LogP contribution is -2.45. The summed E-state index contributed by atoms with van der Waals surface area (Å²) in [7, 11) is 1.39. The van der Waals surface area contributed by atoms with Crippen LogP contribution in [0.1, 0.15) is 41.0 Å².